The minimum absolute atomic E-state index is 1.25. The van der Waals surface area contributed by atoms with Gasteiger partial charge in [-0.25, -0.2) is 0 Å². The Hall–Kier alpha value is -1.42. The van der Waals surface area contributed by atoms with E-state index in [4.69, 9.17) is 0 Å². The standard InChI is InChI=1S/3C6H5.C2H5.Pb/c3*1-2-4-6-5-3-1;1-2;/h3*1-5H;1H2,2H3;. The predicted octanol–water partition coefficient (Wildman–Crippen LogP) is 3.18. The van der Waals surface area contributed by atoms with E-state index in [1.54, 1.807) is 9.37 Å². The Morgan fingerprint density at radius 2 is 0.810 bits per heavy atom. The zero-order valence-electron chi connectivity index (χ0n) is 12.4. The van der Waals surface area contributed by atoms with E-state index in [0.717, 1.165) is 0 Å². The maximum atomic E-state index is 2.37. The van der Waals surface area contributed by atoms with E-state index in [-0.39, 0.29) is 0 Å². The summed E-state index contributed by atoms with van der Waals surface area (Å²) in [6.45, 7) is 2.37. The predicted molar refractivity (Wildman–Crippen MR) is 94.5 cm³/mol. The van der Waals surface area contributed by atoms with Crippen LogP contribution in [0, 0.1) is 0 Å². The van der Waals surface area contributed by atoms with Gasteiger partial charge in [0.15, 0.2) is 0 Å². The van der Waals surface area contributed by atoms with Crippen molar-refractivity contribution >= 4 is 30.5 Å². The van der Waals surface area contributed by atoms with Crippen molar-refractivity contribution in [3.8, 4) is 0 Å². The summed E-state index contributed by atoms with van der Waals surface area (Å²) in [4.78, 5) is 0. The van der Waals surface area contributed by atoms with Crippen LogP contribution < -0.4 is 9.37 Å². The first kappa shape index (κ1) is 14.5. The molecule has 0 aliphatic heterocycles. The third-order valence-electron chi connectivity index (χ3n) is 4.33. The van der Waals surface area contributed by atoms with E-state index in [1.165, 1.54) is 3.98 Å². The molecule has 0 bridgehead atoms. The first-order valence-electron chi connectivity index (χ1n) is 7.54. The Morgan fingerprint density at radius 3 is 1.05 bits per heavy atom. The number of hydrogen-bond acceptors (Lipinski definition) is 0. The molecule has 0 aliphatic carbocycles. The summed E-state index contributed by atoms with van der Waals surface area (Å²) >= 11 is -2.99. The van der Waals surface area contributed by atoms with Gasteiger partial charge in [-0.3, -0.25) is 0 Å². The number of benzene rings is 3. The molecule has 0 aliphatic rings. The Morgan fingerprint density at radius 1 is 0.524 bits per heavy atom. The van der Waals surface area contributed by atoms with Crippen LogP contribution in [0.15, 0.2) is 91.0 Å². The molecule has 1 heteroatoms. The SMILES string of the molecule is C[CH2][Pb]([c]1ccccc1)([c]1ccccc1)[c]1ccccc1. The molecule has 3 rings (SSSR count). The number of rotatable bonds is 4. The van der Waals surface area contributed by atoms with Gasteiger partial charge in [0.2, 0.25) is 0 Å². The zero-order chi connectivity index (χ0) is 14.5. The minimum atomic E-state index is -2.99. The Balaban J connectivity index is 2.29. The van der Waals surface area contributed by atoms with E-state index in [0.29, 0.717) is 0 Å². The van der Waals surface area contributed by atoms with E-state index >= 15 is 0 Å². The van der Waals surface area contributed by atoms with Crippen LogP contribution in [0.2, 0.25) is 3.98 Å². The molecule has 0 saturated heterocycles. The maximum absolute atomic E-state index is 2.99. The summed E-state index contributed by atoms with van der Waals surface area (Å²) in [5.41, 5.74) is 0. The quantitative estimate of drug-likeness (QED) is 0.517. The van der Waals surface area contributed by atoms with Crippen LogP contribution in [0.25, 0.3) is 0 Å². The van der Waals surface area contributed by atoms with E-state index in [9.17, 15) is 0 Å². The second-order valence-corrected chi connectivity index (χ2v) is 21.9. The van der Waals surface area contributed by atoms with Gasteiger partial charge in [0.25, 0.3) is 0 Å². The summed E-state index contributed by atoms with van der Waals surface area (Å²) in [7, 11) is 0. The van der Waals surface area contributed by atoms with Crippen LogP contribution >= 0.6 is 0 Å². The molecular weight excluding hydrogens is 447 g/mol. The molecular formula is C20H20Pb. The third kappa shape index (κ3) is 2.69. The fourth-order valence-corrected chi connectivity index (χ4v) is 20.8. The van der Waals surface area contributed by atoms with Crippen molar-refractivity contribution in [1.82, 2.24) is 0 Å². The van der Waals surface area contributed by atoms with Gasteiger partial charge < -0.3 is 0 Å². The fourth-order valence-electron chi connectivity index (χ4n) is 3.28. The molecule has 3 aromatic rings. The molecule has 21 heavy (non-hydrogen) atoms. The summed E-state index contributed by atoms with van der Waals surface area (Å²) in [5.74, 6) is 0. The van der Waals surface area contributed by atoms with Gasteiger partial charge in [0, 0.05) is 0 Å². The molecule has 3 aromatic carbocycles. The molecule has 0 fully saturated rings. The summed E-state index contributed by atoms with van der Waals surface area (Å²) < 4.78 is 5.98. The van der Waals surface area contributed by atoms with Crippen LogP contribution in [0.1, 0.15) is 6.92 Å². The van der Waals surface area contributed by atoms with Crippen LogP contribution in [-0.4, -0.2) is 21.2 Å². The van der Waals surface area contributed by atoms with Gasteiger partial charge in [0.1, 0.15) is 0 Å². The average molecular weight is 468 g/mol. The normalized spacial score (nSPS) is 11.3. The van der Waals surface area contributed by atoms with Crippen LogP contribution in [0.4, 0.5) is 0 Å². The van der Waals surface area contributed by atoms with Gasteiger partial charge >= 0.3 is 132 Å². The molecule has 0 amide bonds. The van der Waals surface area contributed by atoms with Gasteiger partial charge in [-0.1, -0.05) is 0 Å². The zero-order valence-corrected chi connectivity index (χ0v) is 16.3. The van der Waals surface area contributed by atoms with Crippen LogP contribution in [0.3, 0.4) is 0 Å². The van der Waals surface area contributed by atoms with Crippen LogP contribution in [0.5, 0.6) is 0 Å². The molecule has 0 saturated carbocycles. The van der Waals surface area contributed by atoms with Gasteiger partial charge in [-0.05, 0) is 0 Å². The summed E-state index contributed by atoms with van der Waals surface area (Å²) in [6.07, 6.45) is 0. The van der Waals surface area contributed by atoms with Crippen LogP contribution in [-0.2, 0) is 0 Å². The van der Waals surface area contributed by atoms with E-state index in [1.807, 2.05) is 0 Å². The van der Waals surface area contributed by atoms with Gasteiger partial charge in [-0.2, -0.15) is 0 Å². The molecule has 0 heterocycles. The topological polar surface area (TPSA) is 0 Å². The average Bonchev–Trinajstić information content (AvgIpc) is 2.59. The molecule has 0 atom stereocenters. The second kappa shape index (κ2) is 6.56. The third-order valence-corrected chi connectivity index (χ3v) is 23.8. The molecule has 0 unspecified atom stereocenters. The summed E-state index contributed by atoms with van der Waals surface area (Å²) in [6, 6.07) is 33.5. The van der Waals surface area contributed by atoms with E-state index < -0.39 is 21.2 Å². The van der Waals surface area contributed by atoms with Gasteiger partial charge in [-0.15, -0.1) is 0 Å². The number of hydrogen-bond donors (Lipinski definition) is 0. The summed E-state index contributed by atoms with van der Waals surface area (Å²) in [5, 5.41) is 0. The van der Waals surface area contributed by atoms with E-state index in [2.05, 4.69) is 97.9 Å². The molecule has 0 spiro atoms. The Kier molecular flexibility index (Phi) is 4.54. The monoisotopic (exact) mass is 468 g/mol. The molecule has 0 radical (unpaired) electrons. The first-order chi connectivity index (χ1) is 10.4. The van der Waals surface area contributed by atoms with Crippen molar-refractivity contribution < 1.29 is 0 Å². The van der Waals surface area contributed by atoms with Gasteiger partial charge in [0.05, 0.1) is 0 Å². The second-order valence-electron chi connectivity index (χ2n) is 5.36. The van der Waals surface area contributed by atoms with Crippen molar-refractivity contribution in [2.24, 2.45) is 0 Å². The first-order valence-corrected chi connectivity index (χ1v) is 16.1. The molecule has 0 nitrogen and oxygen atoms in total. The van der Waals surface area contributed by atoms with Crippen molar-refractivity contribution in [3.63, 3.8) is 0 Å². The van der Waals surface area contributed by atoms with Crippen molar-refractivity contribution in [2.45, 2.75) is 10.9 Å². The van der Waals surface area contributed by atoms with Crippen molar-refractivity contribution in [3.05, 3.63) is 91.0 Å². The Bertz CT molecular complexity index is 578. The Labute approximate surface area is 132 Å². The molecule has 104 valence electrons. The molecule has 0 N–H and O–H groups in total. The van der Waals surface area contributed by atoms with Crippen molar-refractivity contribution in [1.29, 1.82) is 0 Å². The fraction of sp³-hybridized carbons (Fsp3) is 0.100. The van der Waals surface area contributed by atoms with Crippen molar-refractivity contribution in [2.75, 3.05) is 0 Å². The molecule has 0 aromatic heterocycles.